The van der Waals surface area contributed by atoms with Crippen molar-refractivity contribution < 1.29 is 13.2 Å². The van der Waals surface area contributed by atoms with E-state index >= 15 is 0 Å². The van der Waals surface area contributed by atoms with E-state index in [1.807, 2.05) is 6.07 Å². The van der Waals surface area contributed by atoms with Crippen molar-refractivity contribution in [3.63, 3.8) is 0 Å². The summed E-state index contributed by atoms with van der Waals surface area (Å²) in [5.41, 5.74) is 3.77. The van der Waals surface area contributed by atoms with Gasteiger partial charge in [-0.1, -0.05) is 30.3 Å². The standard InChI is InChI=1S/C21H27N3O3S/c1-23-10-9-18-15-17(7-8-20(18)23)21(24-11-13-27-14-12-24)16-22-28(25,26)19-5-3-2-4-6-19/h2-8,15,21-22H,9-14,16H2,1H3/t21-/m1/s1. The third-order valence-corrected chi connectivity index (χ3v) is 7.06. The van der Waals surface area contributed by atoms with Gasteiger partial charge in [-0.3, -0.25) is 4.90 Å². The molecule has 4 rings (SSSR count). The number of hydrogen-bond donors (Lipinski definition) is 1. The number of nitrogens with one attached hydrogen (secondary N) is 1. The SMILES string of the molecule is CN1CCc2cc([C@@H](CNS(=O)(=O)c3ccccc3)N3CCOCC3)ccc21. The number of benzene rings is 2. The molecule has 0 aliphatic carbocycles. The lowest BCUT2D eigenvalue weighted by Crippen LogP contribution is -2.43. The van der Waals surface area contributed by atoms with Crippen LogP contribution in [0.5, 0.6) is 0 Å². The molecule has 28 heavy (non-hydrogen) atoms. The number of anilines is 1. The van der Waals surface area contributed by atoms with Crippen LogP contribution < -0.4 is 9.62 Å². The maximum atomic E-state index is 12.7. The zero-order valence-corrected chi connectivity index (χ0v) is 17.0. The van der Waals surface area contributed by atoms with Crippen molar-refractivity contribution in [1.29, 1.82) is 0 Å². The highest BCUT2D eigenvalue weighted by Gasteiger charge is 2.26. The van der Waals surface area contributed by atoms with E-state index in [0.29, 0.717) is 24.7 Å². The molecule has 2 aliphatic heterocycles. The number of morpholine rings is 1. The largest absolute Gasteiger partial charge is 0.379 e. The monoisotopic (exact) mass is 401 g/mol. The fourth-order valence-corrected chi connectivity index (χ4v) is 5.07. The van der Waals surface area contributed by atoms with E-state index in [2.05, 4.69) is 39.8 Å². The normalized spacial score (nSPS) is 18.8. The first-order chi connectivity index (χ1) is 13.5. The van der Waals surface area contributed by atoms with Crippen LogP contribution >= 0.6 is 0 Å². The van der Waals surface area contributed by atoms with Gasteiger partial charge in [-0.2, -0.15) is 0 Å². The van der Waals surface area contributed by atoms with Gasteiger partial charge in [-0.25, -0.2) is 13.1 Å². The molecular formula is C21H27N3O3S. The molecule has 0 saturated carbocycles. The molecule has 6 nitrogen and oxygen atoms in total. The van der Waals surface area contributed by atoms with Gasteiger partial charge >= 0.3 is 0 Å². The van der Waals surface area contributed by atoms with Gasteiger partial charge in [0.25, 0.3) is 0 Å². The minimum absolute atomic E-state index is 0.0152. The predicted molar refractivity (Wildman–Crippen MR) is 110 cm³/mol. The predicted octanol–water partition coefficient (Wildman–Crippen LogP) is 2.03. The summed E-state index contributed by atoms with van der Waals surface area (Å²) in [5, 5.41) is 0. The van der Waals surface area contributed by atoms with Crippen molar-refractivity contribution in [3.05, 3.63) is 59.7 Å². The van der Waals surface area contributed by atoms with Crippen LogP contribution in [0.4, 0.5) is 5.69 Å². The lowest BCUT2D eigenvalue weighted by Gasteiger charge is -2.35. The molecule has 2 aromatic carbocycles. The maximum absolute atomic E-state index is 12.7. The first-order valence-electron chi connectivity index (χ1n) is 9.75. The Kier molecular flexibility index (Phi) is 5.68. The van der Waals surface area contributed by atoms with E-state index in [1.165, 1.54) is 11.3 Å². The Balaban J connectivity index is 1.58. The summed E-state index contributed by atoms with van der Waals surface area (Å²) in [6.45, 7) is 4.32. The van der Waals surface area contributed by atoms with Gasteiger partial charge in [0.05, 0.1) is 18.1 Å². The number of rotatable bonds is 6. The number of sulfonamides is 1. The molecule has 0 radical (unpaired) electrons. The number of ether oxygens (including phenoxy) is 1. The van der Waals surface area contributed by atoms with Gasteiger partial charge in [0, 0.05) is 45.0 Å². The molecule has 0 unspecified atom stereocenters. The fourth-order valence-electron chi connectivity index (χ4n) is 4.01. The topological polar surface area (TPSA) is 61.9 Å². The molecule has 1 N–H and O–H groups in total. The molecule has 7 heteroatoms. The van der Waals surface area contributed by atoms with Gasteiger partial charge in [0.2, 0.25) is 10.0 Å². The van der Waals surface area contributed by atoms with E-state index in [1.54, 1.807) is 24.3 Å². The average molecular weight is 402 g/mol. The smallest absolute Gasteiger partial charge is 0.240 e. The molecule has 2 aliphatic rings. The zero-order valence-electron chi connectivity index (χ0n) is 16.2. The van der Waals surface area contributed by atoms with E-state index in [0.717, 1.165) is 31.6 Å². The van der Waals surface area contributed by atoms with Crippen molar-refractivity contribution in [2.24, 2.45) is 0 Å². The van der Waals surface area contributed by atoms with Crippen LogP contribution in [0.1, 0.15) is 17.2 Å². The van der Waals surface area contributed by atoms with Gasteiger partial charge < -0.3 is 9.64 Å². The Bertz CT molecular complexity index is 912. The highest BCUT2D eigenvalue weighted by molar-refractivity contribution is 7.89. The van der Waals surface area contributed by atoms with E-state index in [-0.39, 0.29) is 6.04 Å². The highest BCUT2D eigenvalue weighted by Crippen LogP contribution is 2.31. The Labute approximate surface area is 167 Å². The summed E-state index contributed by atoms with van der Waals surface area (Å²) in [4.78, 5) is 4.88. The molecule has 1 saturated heterocycles. The molecule has 0 bridgehead atoms. The second-order valence-corrected chi connectivity index (χ2v) is 9.16. The van der Waals surface area contributed by atoms with Crippen molar-refractivity contribution in [3.8, 4) is 0 Å². The third-order valence-electron chi connectivity index (χ3n) is 5.62. The van der Waals surface area contributed by atoms with Crippen molar-refractivity contribution in [2.75, 3.05) is 51.3 Å². The fraction of sp³-hybridized carbons (Fsp3) is 0.429. The third kappa shape index (κ3) is 4.07. The van der Waals surface area contributed by atoms with Crippen LogP contribution in [0.15, 0.2) is 53.4 Å². The number of likely N-dealkylation sites (N-methyl/N-ethyl adjacent to an activating group) is 1. The van der Waals surface area contributed by atoms with Gasteiger partial charge in [0.1, 0.15) is 0 Å². The maximum Gasteiger partial charge on any atom is 0.240 e. The van der Waals surface area contributed by atoms with Crippen LogP contribution in [0.2, 0.25) is 0 Å². The summed E-state index contributed by atoms with van der Waals surface area (Å²) in [5.74, 6) is 0. The van der Waals surface area contributed by atoms with Crippen molar-refractivity contribution >= 4 is 15.7 Å². The molecular weight excluding hydrogens is 374 g/mol. The minimum atomic E-state index is -3.54. The van der Waals surface area contributed by atoms with Crippen LogP contribution in [0.3, 0.4) is 0 Å². The lowest BCUT2D eigenvalue weighted by molar-refractivity contribution is 0.0172. The second-order valence-electron chi connectivity index (χ2n) is 7.39. The summed E-state index contributed by atoms with van der Waals surface area (Å²) in [7, 11) is -1.43. The van der Waals surface area contributed by atoms with Crippen LogP contribution in [-0.4, -0.2) is 59.8 Å². The van der Waals surface area contributed by atoms with Crippen LogP contribution in [-0.2, 0) is 21.2 Å². The van der Waals surface area contributed by atoms with Crippen molar-refractivity contribution in [2.45, 2.75) is 17.4 Å². The zero-order chi connectivity index (χ0) is 19.6. The highest BCUT2D eigenvalue weighted by atomic mass is 32.2. The molecule has 150 valence electrons. The first-order valence-corrected chi connectivity index (χ1v) is 11.2. The molecule has 2 heterocycles. The number of fused-ring (bicyclic) bond motifs is 1. The Morgan fingerprint density at radius 3 is 2.57 bits per heavy atom. The second kappa shape index (κ2) is 8.21. The van der Waals surface area contributed by atoms with Crippen LogP contribution in [0, 0.1) is 0 Å². The Morgan fingerprint density at radius 2 is 1.82 bits per heavy atom. The molecule has 0 aromatic heterocycles. The average Bonchev–Trinajstić information content (AvgIpc) is 3.10. The van der Waals surface area contributed by atoms with Gasteiger partial charge in [-0.15, -0.1) is 0 Å². The number of hydrogen-bond acceptors (Lipinski definition) is 5. The Hall–Kier alpha value is -1.93. The molecule has 0 spiro atoms. The number of nitrogens with zero attached hydrogens (tertiary/aromatic N) is 2. The quantitative estimate of drug-likeness (QED) is 0.803. The molecule has 2 aromatic rings. The Morgan fingerprint density at radius 1 is 1.07 bits per heavy atom. The van der Waals surface area contributed by atoms with Gasteiger partial charge in [0.15, 0.2) is 0 Å². The summed E-state index contributed by atoms with van der Waals surface area (Å²) < 4.78 is 33.8. The summed E-state index contributed by atoms with van der Waals surface area (Å²) in [6, 6.07) is 15.1. The van der Waals surface area contributed by atoms with Crippen molar-refractivity contribution in [1.82, 2.24) is 9.62 Å². The van der Waals surface area contributed by atoms with Gasteiger partial charge in [-0.05, 0) is 35.7 Å². The van der Waals surface area contributed by atoms with E-state index in [9.17, 15) is 8.42 Å². The molecule has 1 atom stereocenters. The summed E-state index contributed by atoms with van der Waals surface area (Å²) in [6.07, 6.45) is 1.03. The van der Waals surface area contributed by atoms with E-state index < -0.39 is 10.0 Å². The minimum Gasteiger partial charge on any atom is -0.379 e. The first kappa shape index (κ1) is 19.4. The molecule has 1 fully saturated rings. The summed E-state index contributed by atoms with van der Waals surface area (Å²) >= 11 is 0. The van der Waals surface area contributed by atoms with E-state index in [4.69, 9.17) is 4.74 Å². The molecule has 0 amide bonds. The lowest BCUT2D eigenvalue weighted by atomic mass is 10.0. The van der Waals surface area contributed by atoms with Crippen LogP contribution in [0.25, 0.3) is 0 Å².